The molecular formula is C61H114O6. The minimum absolute atomic E-state index is 0.0678. The fourth-order valence-electron chi connectivity index (χ4n) is 9.01. The maximum atomic E-state index is 12.9. The molecular weight excluding hydrogens is 829 g/mol. The minimum atomic E-state index is -0.769. The summed E-state index contributed by atoms with van der Waals surface area (Å²) < 4.78 is 16.9. The fraction of sp³-hybridized carbons (Fsp3) is 0.885. The van der Waals surface area contributed by atoms with Crippen molar-refractivity contribution in [3.8, 4) is 0 Å². The van der Waals surface area contributed by atoms with Gasteiger partial charge in [-0.3, -0.25) is 14.4 Å². The summed E-state index contributed by atoms with van der Waals surface area (Å²) in [6, 6.07) is 0. The van der Waals surface area contributed by atoms with E-state index in [1.165, 1.54) is 212 Å². The molecule has 0 saturated heterocycles. The molecule has 0 spiro atoms. The third-order valence-corrected chi connectivity index (χ3v) is 13.5. The highest BCUT2D eigenvalue weighted by atomic mass is 16.6. The first kappa shape index (κ1) is 64.9. The molecule has 0 fully saturated rings. The van der Waals surface area contributed by atoms with Gasteiger partial charge in [0.05, 0.1) is 0 Å². The highest BCUT2D eigenvalue weighted by molar-refractivity contribution is 5.71. The van der Waals surface area contributed by atoms with Gasteiger partial charge in [0, 0.05) is 19.3 Å². The van der Waals surface area contributed by atoms with Crippen molar-refractivity contribution in [2.45, 2.75) is 335 Å². The van der Waals surface area contributed by atoms with Crippen LogP contribution in [0.15, 0.2) is 24.3 Å². The number of ether oxygens (including phenoxy) is 3. The summed E-state index contributed by atoms with van der Waals surface area (Å²) in [6.07, 6.45) is 66.0. The molecule has 0 radical (unpaired) electrons. The van der Waals surface area contributed by atoms with Crippen LogP contribution in [0.25, 0.3) is 0 Å². The number of unbranched alkanes of at least 4 members (excludes halogenated alkanes) is 40. The number of rotatable bonds is 55. The number of carbonyl (C=O) groups excluding carboxylic acids is 3. The van der Waals surface area contributed by atoms with Gasteiger partial charge < -0.3 is 14.2 Å². The Bertz CT molecular complexity index is 1080. The minimum Gasteiger partial charge on any atom is -0.462 e. The van der Waals surface area contributed by atoms with Crippen LogP contribution < -0.4 is 0 Å². The summed E-state index contributed by atoms with van der Waals surface area (Å²) >= 11 is 0. The lowest BCUT2D eigenvalue weighted by molar-refractivity contribution is -0.167. The number of hydrogen-bond donors (Lipinski definition) is 0. The molecule has 0 saturated carbocycles. The van der Waals surface area contributed by atoms with Gasteiger partial charge in [-0.15, -0.1) is 0 Å². The topological polar surface area (TPSA) is 78.9 Å². The van der Waals surface area contributed by atoms with Gasteiger partial charge in [-0.25, -0.2) is 0 Å². The van der Waals surface area contributed by atoms with Crippen molar-refractivity contribution >= 4 is 17.9 Å². The third kappa shape index (κ3) is 54.7. The van der Waals surface area contributed by atoms with E-state index < -0.39 is 6.10 Å². The van der Waals surface area contributed by atoms with Crippen LogP contribution in [0.1, 0.15) is 329 Å². The van der Waals surface area contributed by atoms with Crippen LogP contribution in [0, 0.1) is 0 Å². The van der Waals surface area contributed by atoms with Crippen molar-refractivity contribution in [2.75, 3.05) is 13.2 Å². The Morgan fingerprint density at radius 1 is 0.313 bits per heavy atom. The Morgan fingerprint density at radius 2 is 0.582 bits per heavy atom. The SMILES string of the molecule is CC/C=C\C/C=C\CCCCCCCCCC(=O)OCC(COC(=O)CCCCCCCCCCCCCCCCCCCCC)OC(=O)CCCCCCCCCCCCCCCCCC. The average molecular weight is 944 g/mol. The zero-order valence-electron chi connectivity index (χ0n) is 45.2. The van der Waals surface area contributed by atoms with E-state index in [0.717, 1.165) is 77.0 Å². The summed E-state index contributed by atoms with van der Waals surface area (Å²) in [6.45, 7) is 6.59. The zero-order chi connectivity index (χ0) is 48.6. The Morgan fingerprint density at radius 3 is 0.896 bits per heavy atom. The molecule has 0 aromatic heterocycles. The van der Waals surface area contributed by atoms with E-state index >= 15 is 0 Å². The lowest BCUT2D eigenvalue weighted by atomic mass is 10.0. The van der Waals surface area contributed by atoms with Gasteiger partial charge >= 0.3 is 17.9 Å². The molecule has 0 rings (SSSR count). The Kier molecular flexibility index (Phi) is 54.7. The molecule has 6 heteroatoms. The Labute approximate surface area is 417 Å². The zero-order valence-corrected chi connectivity index (χ0v) is 45.2. The summed E-state index contributed by atoms with van der Waals surface area (Å²) in [5.74, 6) is -0.852. The summed E-state index contributed by atoms with van der Waals surface area (Å²) in [5, 5.41) is 0. The van der Waals surface area contributed by atoms with Crippen LogP contribution in [0.5, 0.6) is 0 Å². The van der Waals surface area contributed by atoms with E-state index in [-0.39, 0.29) is 31.1 Å². The first-order valence-electron chi connectivity index (χ1n) is 29.8. The Hall–Kier alpha value is -2.11. The molecule has 394 valence electrons. The van der Waals surface area contributed by atoms with E-state index in [0.29, 0.717) is 19.3 Å². The van der Waals surface area contributed by atoms with Crippen LogP contribution >= 0.6 is 0 Å². The molecule has 1 unspecified atom stereocenters. The van der Waals surface area contributed by atoms with Crippen LogP contribution in [-0.4, -0.2) is 37.2 Å². The van der Waals surface area contributed by atoms with E-state index in [1.54, 1.807) is 0 Å². The van der Waals surface area contributed by atoms with E-state index in [9.17, 15) is 14.4 Å². The van der Waals surface area contributed by atoms with Gasteiger partial charge in [0.25, 0.3) is 0 Å². The van der Waals surface area contributed by atoms with Crippen molar-refractivity contribution in [2.24, 2.45) is 0 Å². The van der Waals surface area contributed by atoms with Crippen molar-refractivity contribution in [1.29, 1.82) is 0 Å². The monoisotopic (exact) mass is 943 g/mol. The second-order valence-corrected chi connectivity index (χ2v) is 20.2. The first-order valence-corrected chi connectivity index (χ1v) is 29.8. The third-order valence-electron chi connectivity index (χ3n) is 13.5. The molecule has 6 nitrogen and oxygen atoms in total. The molecule has 67 heavy (non-hydrogen) atoms. The standard InChI is InChI=1S/C61H114O6/c1-4-7-10-13-16-19-22-25-28-30-31-32-34-36-39-42-45-48-51-54-60(63)66-57-58(56-65-59(62)53-50-47-44-41-38-35-27-24-21-18-15-12-9-6-3)67-61(64)55-52-49-46-43-40-37-33-29-26-23-20-17-14-11-8-5-2/h9,12,18,21,58H,4-8,10-11,13-17,19-20,22-57H2,1-3H3/b12-9-,21-18-. The van der Waals surface area contributed by atoms with E-state index in [2.05, 4.69) is 45.1 Å². The number of carbonyl (C=O) groups is 3. The lowest BCUT2D eigenvalue weighted by Crippen LogP contribution is -2.30. The van der Waals surface area contributed by atoms with Gasteiger partial charge in [0.1, 0.15) is 13.2 Å². The summed E-state index contributed by atoms with van der Waals surface area (Å²) in [5.41, 5.74) is 0. The highest BCUT2D eigenvalue weighted by Crippen LogP contribution is 2.18. The lowest BCUT2D eigenvalue weighted by Gasteiger charge is -2.18. The number of allylic oxidation sites excluding steroid dienone is 4. The normalized spacial score (nSPS) is 12.1. The highest BCUT2D eigenvalue weighted by Gasteiger charge is 2.19. The molecule has 0 amide bonds. The molecule has 0 N–H and O–H groups in total. The second kappa shape index (κ2) is 56.5. The molecule has 0 aromatic carbocycles. The molecule has 0 aliphatic heterocycles. The van der Waals surface area contributed by atoms with Crippen molar-refractivity contribution in [3.05, 3.63) is 24.3 Å². The predicted molar refractivity (Wildman–Crippen MR) is 289 cm³/mol. The van der Waals surface area contributed by atoms with Crippen LogP contribution in [0.4, 0.5) is 0 Å². The van der Waals surface area contributed by atoms with Gasteiger partial charge in [0.15, 0.2) is 6.10 Å². The number of hydrogen-bond acceptors (Lipinski definition) is 6. The second-order valence-electron chi connectivity index (χ2n) is 20.2. The summed E-state index contributed by atoms with van der Waals surface area (Å²) in [4.78, 5) is 38.2. The maximum Gasteiger partial charge on any atom is 0.306 e. The first-order chi connectivity index (χ1) is 33.0. The van der Waals surface area contributed by atoms with Gasteiger partial charge in [-0.1, -0.05) is 289 Å². The molecule has 1 atom stereocenters. The number of esters is 3. The van der Waals surface area contributed by atoms with Crippen molar-refractivity contribution in [3.63, 3.8) is 0 Å². The quantitative estimate of drug-likeness (QED) is 0.0262. The molecule has 0 aliphatic rings. The van der Waals surface area contributed by atoms with Gasteiger partial charge in [-0.2, -0.15) is 0 Å². The van der Waals surface area contributed by atoms with Crippen LogP contribution in [0.2, 0.25) is 0 Å². The Balaban J connectivity index is 4.29. The van der Waals surface area contributed by atoms with Gasteiger partial charge in [0.2, 0.25) is 0 Å². The smallest absolute Gasteiger partial charge is 0.306 e. The van der Waals surface area contributed by atoms with Crippen molar-refractivity contribution < 1.29 is 28.6 Å². The van der Waals surface area contributed by atoms with Crippen LogP contribution in [-0.2, 0) is 28.6 Å². The van der Waals surface area contributed by atoms with Gasteiger partial charge in [-0.05, 0) is 44.9 Å². The predicted octanol–water partition coefficient (Wildman–Crippen LogP) is 19.9. The maximum absolute atomic E-state index is 12.9. The summed E-state index contributed by atoms with van der Waals surface area (Å²) in [7, 11) is 0. The molecule has 0 aliphatic carbocycles. The van der Waals surface area contributed by atoms with E-state index in [1.807, 2.05) is 0 Å². The largest absolute Gasteiger partial charge is 0.462 e. The average Bonchev–Trinajstić information content (AvgIpc) is 3.33. The fourth-order valence-corrected chi connectivity index (χ4v) is 9.01. The molecule has 0 heterocycles. The van der Waals surface area contributed by atoms with Crippen LogP contribution in [0.3, 0.4) is 0 Å². The molecule has 0 bridgehead atoms. The van der Waals surface area contributed by atoms with Crippen molar-refractivity contribution in [1.82, 2.24) is 0 Å². The molecule has 0 aromatic rings. The van der Waals surface area contributed by atoms with E-state index in [4.69, 9.17) is 14.2 Å².